The van der Waals surface area contributed by atoms with E-state index in [0.717, 1.165) is 25.1 Å². The summed E-state index contributed by atoms with van der Waals surface area (Å²) in [5, 5.41) is 5.77. The Morgan fingerprint density at radius 3 is 2.56 bits per heavy atom. The average molecular weight is 319 g/mol. The molecule has 18 heavy (non-hydrogen) atoms. The molecule has 6 heteroatoms. The Balaban J connectivity index is 2.24. The Morgan fingerprint density at radius 2 is 2.06 bits per heavy atom. The maximum atomic E-state index is 13.6. The summed E-state index contributed by atoms with van der Waals surface area (Å²) in [4.78, 5) is 11.9. The zero-order chi connectivity index (χ0) is 13.3. The first-order chi connectivity index (χ1) is 8.41. The van der Waals surface area contributed by atoms with E-state index in [1.54, 1.807) is 0 Å². The largest absolute Gasteiger partial charge is 0.345 e. The Labute approximate surface area is 112 Å². The molecule has 3 nitrogen and oxygen atoms in total. The molecule has 0 aliphatic carbocycles. The van der Waals surface area contributed by atoms with Crippen LogP contribution in [0.4, 0.5) is 8.78 Å². The Kier molecular flexibility index (Phi) is 3.68. The second kappa shape index (κ2) is 4.93. The molecule has 1 unspecified atom stereocenters. The molecular weight excluding hydrogens is 306 g/mol. The van der Waals surface area contributed by atoms with Gasteiger partial charge in [-0.05, 0) is 32.0 Å². The number of benzene rings is 1. The lowest BCUT2D eigenvalue weighted by Crippen LogP contribution is -2.47. The number of amides is 1. The summed E-state index contributed by atoms with van der Waals surface area (Å²) in [5.41, 5.74) is -0.991. The third-order valence-electron chi connectivity index (χ3n) is 3.02. The number of nitrogens with one attached hydrogen (secondary N) is 2. The second-order valence-electron chi connectivity index (χ2n) is 4.69. The minimum Gasteiger partial charge on any atom is -0.345 e. The molecule has 0 radical (unpaired) electrons. The van der Waals surface area contributed by atoms with Gasteiger partial charge in [0.05, 0.1) is 5.54 Å². The maximum absolute atomic E-state index is 13.6. The molecule has 0 bridgehead atoms. The van der Waals surface area contributed by atoms with E-state index >= 15 is 0 Å². The van der Waals surface area contributed by atoms with Crippen LogP contribution < -0.4 is 10.6 Å². The Morgan fingerprint density at radius 1 is 1.44 bits per heavy atom. The van der Waals surface area contributed by atoms with Gasteiger partial charge in [0.25, 0.3) is 5.91 Å². The van der Waals surface area contributed by atoms with E-state index in [-0.39, 0.29) is 4.47 Å². The van der Waals surface area contributed by atoms with Gasteiger partial charge in [0.2, 0.25) is 0 Å². The Hall–Kier alpha value is -1.01. The first-order valence-electron chi connectivity index (χ1n) is 5.59. The van der Waals surface area contributed by atoms with Crippen LogP contribution in [0.25, 0.3) is 0 Å². The highest BCUT2D eigenvalue weighted by Crippen LogP contribution is 2.21. The summed E-state index contributed by atoms with van der Waals surface area (Å²) in [6, 6.07) is 2.15. The van der Waals surface area contributed by atoms with E-state index < -0.39 is 28.6 Å². The number of halogens is 3. The molecule has 1 amide bonds. The lowest BCUT2D eigenvalue weighted by atomic mass is 10.0. The summed E-state index contributed by atoms with van der Waals surface area (Å²) in [6.07, 6.45) is 0.735. The first kappa shape index (κ1) is 13.4. The summed E-state index contributed by atoms with van der Waals surface area (Å²) in [6.45, 7) is 3.22. The van der Waals surface area contributed by atoms with Crippen molar-refractivity contribution in [2.75, 3.05) is 13.1 Å². The van der Waals surface area contributed by atoms with Crippen LogP contribution in [0.2, 0.25) is 0 Å². The van der Waals surface area contributed by atoms with Gasteiger partial charge in [0, 0.05) is 11.0 Å². The molecule has 1 aliphatic rings. The highest BCUT2D eigenvalue weighted by atomic mass is 79.9. The van der Waals surface area contributed by atoms with Crippen molar-refractivity contribution in [3.05, 3.63) is 33.8 Å². The van der Waals surface area contributed by atoms with Gasteiger partial charge in [-0.1, -0.05) is 15.9 Å². The minimum atomic E-state index is -0.867. The van der Waals surface area contributed by atoms with Crippen LogP contribution in [0.1, 0.15) is 23.7 Å². The SMILES string of the molecule is CC1(NC(=O)c2c(F)cc(Br)cc2F)CCNC1. The minimum absolute atomic E-state index is 0.266. The molecule has 1 aromatic rings. The van der Waals surface area contributed by atoms with E-state index in [2.05, 4.69) is 26.6 Å². The van der Waals surface area contributed by atoms with Gasteiger partial charge in [-0.15, -0.1) is 0 Å². The molecule has 0 spiro atoms. The van der Waals surface area contributed by atoms with Crippen molar-refractivity contribution in [3.63, 3.8) is 0 Å². The topological polar surface area (TPSA) is 41.1 Å². The van der Waals surface area contributed by atoms with Gasteiger partial charge in [-0.2, -0.15) is 0 Å². The van der Waals surface area contributed by atoms with Gasteiger partial charge >= 0.3 is 0 Å². The molecular formula is C12H13BrF2N2O. The number of rotatable bonds is 2. The zero-order valence-electron chi connectivity index (χ0n) is 9.82. The van der Waals surface area contributed by atoms with Crippen LogP contribution >= 0.6 is 15.9 Å². The Bertz CT molecular complexity index is 464. The van der Waals surface area contributed by atoms with Crippen LogP contribution in [0.15, 0.2) is 16.6 Å². The fourth-order valence-electron chi connectivity index (χ4n) is 2.02. The zero-order valence-corrected chi connectivity index (χ0v) is 11.4. The van der Waals surface area contributed by atoms with Gasteiger partial charge in [-0.25, -0.2) is 8.78 Å². The normalized spacial score (nSPS) is 23.1. The van der Waals surface area contributed by atoms with Gasteiger partial charge in [-0.3, -0.25) is 4.79 Å². The maximum Gasteiger partial charge on any atom is 0.257 e. The molecule has 2 rings (SSSR count). The smallest absolute Gasteiger partial charge is 0.257 e. The van der Waals surface area contributed by atoms with E-state index in [0.29, 0.717) is 6.54 Å². The number of hydrogen-bond acceptors (Lipinski definition) is 2. The summed E-state index contributed by atoms with van der Waals surface area (Å²) >= 11 is 2.97. The van der Waals surface area contributed by atoms with Crippen molar-refractivity contribution >= 4 is 21.8 Å². The van der Waals surface area contributed by atoms with Crippen molar-refractivity contribution in [1.82, 2.24) is 10.6 Å². The number of carbonyl (C=O) groups is 1. The molecule has 98 valence electrons. The van der Waals surface area contributed by atoms with Gasteiger partial charge in [0.1, 0.15) is 17.2 Å². The summed E-state index contributed by atoms with van der Waals surface area (Å²) < 4.78 is 27.5. The van der Waals surface area contributed by atoms with Gasteiger partial charge < -0.3 is 10.6 Å². The number of hydrogen-bond donors (Lipinski definition) is 2. The van der Waals surface area contributed by atoms with Crippen molar-refractivity contribution in [1.29, 1.82) is 0 Å². The van der Waals surface area contributed by atoms with Gasteiger partial charge in [0.15, 0.2) is 0 Å². The van der Waals surface area contributed by atoms with Crippen molar-refractivity contribution < 1.29 is 13.6 Å². The van der Waals surface area contributed by atoms with Crippen LogP contribution in [0.5, 0.6) is 0 Å². The fraction of sp³-hybridized carbons (Fsp3) is 0.417. The predicted molar refractivity (Wildman–Crippen MR) is 67.4 cm³/mol. The third kappa shape index (κ3) is 2.70. The van der Waals surface area contributed by atoms with Crippen molar-refractivity contribution in [2.24, 2.45) is 0 Å². The van der Waals surface area contributed by atoms with Crippen molar-refractivity contribution in [3.8, 4) is 0 Å². The quantitative estimate of drug-likeness (QED) is 0.877. The molecule has 1 heterocycles. The van der Waals surface area contributed by atoms with E-state index in [9.17, 15) is 13.6 Å². The average Bonchev–Trinajstić information content (AvgIpc) is 2.62. The molecule has 1 aliphatic heterocycles. The molecule has 1 atom stereocenters. The summed E-state index contributed by atoms with van der Waals surface area (Å²) in [5.74, 6) is -2.45. The molecule has 0 aromatic heterocycles. The molecule has 1 fully saturated rings. The van der Waals surface area contributed by atoms with Crippen molar-refractivity contribution in [2.45, 2.75) is 18.9 Å². The number of carbonyl (C=O) groups excluding carboxylic acids is 1. The van der Waals surface area contributed by atoms with Crippen LogP contribution in [-0.4, -0.2) is 24.5 Å². The standard InChI is InChI=1S/C12H13BrF2N2O/c1-12(2-3-16-6-12)17-11(18)10-8(14)4-7(13)5-9(10)15/h4-5,16H,2-3,6H2,1H3,(H,17,18). The highest BCUT2D eigenvalue weighted by Gasteiger charge is 2.32. The third-order valence-corrected chi connectivity index (χ3v) is 3.48. The van der Waals surface area contributed by atoms with E-state index in [1.165, 1.54) is 0 Å². The molecule has 2 N–H and O–H groups in total. The van der Waals surface area contributed by atoms with Crippen LogP contribution in [0.3, 0.4) is 0 Å². The molecule has 1 aromatic carbocycles. The van der Waals surface area contributed by atoms with E-state index in [1.807, 2.05) is 6.92 Å². The summed E-state index contributed by atoms with van der Waals surface area (Å²) in [7, 11) is 0. The van der Waals surface area contributed by atoms with E-state index in [4.69, 9.17) is 0 Å². The molecule has 0 saturated carbocycles. The predicted octanol–water partition coefficient (Wildman–Crippen LogP) is 2.21. The van der Waals surface area contributed by atoms with Crippen LogP contribution in [0, 0.1) is 11.6 Å². The molecule has 1 saturated heterocycles. The first-order valence-corrected chi connectivity index (χ1v) is 6.38. The van der Waals surface area contributed by atoms with Crippen LogP contribution in [-0.2, 0) is 0 Å². The second-order valence-corrected chi connectivity index (χ2v) is 5.60. The highest BCUT2D eigenvalue weighted by molar-refractivity contribution is 9.10. The lowest BCUT2D eigenvalue weighted by molar-refractivity contribution is 0.0904. The fourth-order valence-corrected chi connectivity index (χ4v) is 2.42. The lowest BCUT2D eigenvalue weighted by Gasteiger charge is -2.24. The monoisotopic (exact) mass is 318 g/mol.